The average molecular weight is 454 g/mol. The molecule has 3 aromatic rings. The molecule has 1 amide bonds. The number of carbonyl (C=O) groups excluding carboxylic acids is 1. The van der Waals surface area contributed by atoms with Gasteiger partial charge in [-0.1, -0.05) is 12.1 Å². The highest BCUT2D eigenvalue weighted by Crippen LogP contribution is 2.39. The van der Waals surface area contributed by atoms with Crippen molar-refractivity contribution < 1.29 is 23.0 Å². The lowest BCUT2D eigenvalue weighted by Crippen LogP contribution is -2.46. The molecule has 0 atom stereocenters. The minimum atomic E-state index is -3.40. The molecule has 0 radical (unpaired) electrons. The van der Waals surface area contributed by atoms with E-state index >= 15 is 0 Å². The molecule has 2 aliphatic rings. The number of hydrogen-bond acceptors (Lipinski definition) is 5. The molecule has 10 heteroatoms. The van der Waals surface area contributed by atoms with Gasteiger partial charge in [-0.05, 0) is 31.2 Å². The van der Waals surface area contributed by atoms with Gasteiger partial charge in [-0.3, -0.25) is 9.59 Å². The number of imidazole rings is 1. The van der Waals surface area contributed by atoms with Gasteiger partial charge in [0.05, 0.1) is 18.6 Å². The monoisotopic (exact) mass is 454 g/mol. The van der Waals surface area contributed by atoms with Crippen LogP contribution < -0.4 is 15.0 Å². The number of alkyl halides is 2. The van der Waals surface area contributed by atoms with E-state index in [9.17, 15) is 18.4 Å². The summed E-state index contributed by atoms with van der Waals surface area (Å²) in [5.41, 5.74) is 1.71. The quantitative estimate of drug-likeness (QED) is 0.593. The summed E-state index contributed by atoms with van der Waals surface area (Å²) < 4.78 is 40.7. The number of amides is 1. The molecule has 0 fully saturated rings. The summed E-state index contributed by atoms with van der Waals surface area (Å²) in [5.74, 6) is -0.150. The Balaban J connectivity index is 1.29. The lowest BCUT2D eigenvalue weighted by atomic mass is 10.1. The highest BCUT2D eigenvalue weighted by molar-refractivity contribution is 5.93. The van der Waals surface area contributed by atoms with Gasteiger partial charge in [-0.25, -0.2) is 4.98 Å². The molecule has 0 saturated heterocycles. The predicted octanol–water partition coefficient (Wildman–Crippen LogP) is 2.88. The van der Waals surface area contributed by atoms with Crippen molar-refractivity contribution in [1.82, 2.24) is 19.0 Å². The third kappa shape index (κ3) is 3.88. The van der Waals surface area contributed by atoms with Crippen LogP contribution in [0.5, 0.6) is 11.5 Å². The molecule has 0 spiro atoms. The van der Waals surface area contributed by atoms with E-state index in [1.54, 1.807) is 52.3 Å². The fourth-order valence-corrected chi connectivity index (χ4v) is 3.93. The van der Waals surface area contributed by atoms with Crippen LogP contribution in [0.4, 0.5) is 8.78 Å². The number of aromatic nitrogens is 3. The first-order chi connectivity index (χ1) is 15.8. The number of benzene rings is 1. The molecule has 2 aliphatic heterocycles. The molecule has 170 valence electrons. The van der Waals surface area contributed by atoms with Crippen LogP contribution in [0.1, 0.15) is 21.7 Å². The van der Waals surface area contributed by atoms with Crippen molar-refractivity contribution in [2.75, 3.05) is 19.7 Å². The van der Waals surface area contributed by atoms with E-state index in [1.165, 1.54) is 10.6 Å². The summed E-state index contributed by atoms with van der Waals surface area (Å²) in [6.45, 7) is 2.80. The third-order valence-electron chi connectivity index (χ3n) is 5.57. The fourth-order valence-electron chi connectivity index (χ4n) is 3.93. The first kappa shape index (κ1) is 20.9. The summed E-state index contributed by atoms with van der Waals surface area (Å²) >= 11 is 0. The first-order valence-electron chi connectivity index (χ1n) is 10.4. The van der Waals surface area contributed by atoms with Crippen LogP contribution in [0.2, 0.25) is 0 Å². The number of nitrogens with zero attached hydrogens (tertiary/aromatic N) is 4. The zero-order valence-corrected chi connectivity index (χ0v) is 17.7. The third-order valence-corrected chi connectivity index (χ3v) is 5.57. The van der Waals surface area contributed by atoms with Crippen molar-refractivity contribution in [1.29, 1.82) is 0 Å². The van der Waals surface area contributed by atoms with Gasteiger partial charge in [0.15, 0.2) is 11.5 Å². The van der Waals surface area contributed by atoms with Crippen molar-refractivity contribution in [2.45, 2.75) is 19.6 Å². The van der Waals surface area contributed by atoms with E-state index < -0.39 is 6.11 Å². The second kappa shape index (κ2) is 7.88. The van der Waals surface area contributed by atoms with Gasteiger partial charge in [0.25, 0.3) is 11.5 Å². The first-order valence-corrected chi connectivity index (χ1v) is 10.4. The van der Waals surface area contributed by atoms with Crippen LogP contribution in [0.25, 0.3) is 11.8 Å². The van der Waals surface area contributed by atoms with Crippen molar-refractivity contribution in [3.8, 4) is 17.2 Å². The number of pyridine rings is 1. The molecule has 0 unspecified atom stereocenters. The van der Waals surface area contributed by atoms with Crippen molar-refractivity contribution >= 4 is 12.0 Å². The van der Waals surface area contributed by atoms with Crippen LogP contribution in [0.15, 0.2) is 53.7 Å². The summed E-state index contributed by atoms with van der Waals surface area (Å²) in [7, 11) is 0. The van der Waals surface area contributed by atoms with E-state index in [4.69, 9.17) is 9.47 Å². The largest absolute Gasteiger partial charge is 0.488 e. The molecule has 2 aromatic heterocycles. The Hall–Kier alpha value is -3.95. The summed E-state index contributed by atoms with van der Waals surface area (Å²) in [5, 5.41) is 0. The number of para-hydroxylation sites is 1. The number of aryl methyl sites for hydroxylation is 1. The summed E-state index contributed by atoms with van der Waals surface area (Å²) in [6.07, 6.45) is 1.87. The van der Waals surface area contributed by atoms with E-state index in [1.807, 2.05) is 6.92 Å². The minimum Gasteiger partial charge on any atom is -0.488 e. The standard InChI is InChI=1S/C23H20F2N4O4/c1-15-13-28(14-26-15)17-5-6-18-21(30)27(9-10-29(18)22(17)31)11-12-32-19-4-2-3-16-7-8-23(24,25)33-20(16)19/h2-8,13-14H,9-12H2,1H3. The summed E-state index contributed by atoms with van der Waals surface area (Å²) in [4.78, 5) is 31.5. The Labute approximate surface area is 187 Å². The Kier molecular flexibility index (Phi) is 4.99. The summed E-state index contributed by atoms with van der Waals surface area (Å²) in [6, 6.07) is 8.10. The molecule has 33 heavy (non-hydrogen) atoms. The maximum absolute atomic E-state index is 13.6. The Morgan fingerprint density at radius 1 is 1.18 bits per heavy atom. The average Bonchev–Trinajstić information content (AvgIpc) is 3.21. The van der Waals surface area contributed by atoms with Gasteiger partial charge in [0.1, 0.15) is 18.0 Å². The van der Waals surface area contributed by atoms with Crippen molar-refractivity contribution in [3.05, 3.63) is 76.2 Å². The number of fused-ring (bicyclic) bond motifs is 2. The van der Waals surface area contributed by atoms with E-state index in [2.05, 4.69) is 4.98 Å². The zero-order chi connectivity index (χ0) is 23.2. The van der Waals surface area contributed by atoms with Gasteiger partial charge in [0, 0.05) is 30.9 Å². The molecule has 0 aliphatic carbocycles. The molecule has 5 rings (SSSR count). The SMILES string of the molecule is Cc1cn(-c2ccc3n(c2=O)CCN(CCOc2cccc4c2OC(F)(F)C=C4)C3=O)cn1. The Bertz CT molecular complexity index is 1330. The van der Waals surface area contributed by atoms with Crippen LogP contribution in [-0.4, -0.2) is 50.7 Å². The highest BCUT2D eigenvalue weighted by Gasteiger charge is 2.33. The van der Waals surface area contributed by atoms with Gasteiger partial charge >= 0.3 is 6.11 Å². The fraction of sp³-hybridized carbons (Fsp3) is 0.261. The van der Waals surface area contributed by atoms with Gasteiger partial charge in [-0.15, -0.1) is 0 Å². The topological polar surface area (TPSA) is 78.6 Å². The Morgan fingerprint density at radius 3 is 2.82 bits per heavy atom. The smallest absolute Gasteiger partial charge is 0.420 e. The molecule has 0 bridgehead atoms. The van der Waals surface area contributed by atoms with Gasteiger partial charge in [-0.2, -0.15) is 8.78 Å². The lowest BCUT2D eigenvalue weighted by Gasteiger charge is -2.30. The second-order valence-electron chi connectivity index (χ2n) is 7.80. The zero-order valence-electron chi connectivity index (χ0n) is 17.7. The highest BCUT2D eigenvalue weighted by atomic mass is 19.3. The van der Waals surface area contributed by atoms with Crippen molar-refractivity contribution in [3.63, 3.8) is 0 Å². The number of carbonyl (C=O) groups is 1. The number of rotatable bonds is 5. The molecule has 8 nitrogen and oxygen atoms in total. The second-order valence-corrected chi connectivity index (χ2v) is 7.80. The molecule has 0 saturated carbocycles. The Morgan fingerprint density at radius 2 is 2.03 bits per heavy atom. The molecule has 0 N–H and O–H groups in total. The van der Waals surface area contributed by atoms with Crippen LogP contribution in [0, 0.1) is 6.92 Å². The van der Waals surface area contributed by atoms with Gasteiger partial charge in [0.2, 0.25) is 0 Å². The van der Waals surface area contributed by atoms with Crippen LogP contribution in [0.3, 0.4) is 0 Å². The predicted molar refractivity (Wildman–Crippen MR) is 115 cm³/mol. The van der Waals surface area contributed by atoms with Gasteiger partial charge < -0.3 is 23.5 Å². The maximum atomic E-state index is 13.6. The molecular formula is C23H20F2N4O4. The van der Waals surface area contributed by atoms with Crippen LogP contribution in [-0.2, 0) is 6.54 Å². The molecule has 1 aromatic carbocycles. The molecule has 4 heterocycles. The normalized spacial score (nSPS) is 16.2. The number of hydrogen-bond donors (Lipinski definition) is 0. The lowest BCUT2D eigenvalue weighted by molar-refractivity contribution is -0.133. The minimum absolute atomic E-state index is 0.0332. The van der Waals surface area contributed by atoms with Crippen LogP contribution >= 0.6 is 0 Å². The maximum Gasteiger partial charge on any atom is 0.420 e. The molecular weight excluding hydrogens is 434 g/mol. The number of ether oxygens (including phenoxy) is 2. The van der Waals surface area contributed by atoms with E-state index in [0.29, 0.717) is 30.4 Å². The van der Waals surface area contributed by atoms with Crippen molar-refractivity contribution in [2.24, 2.45) is 0 Å². The number of halogens is 2. The van der Waals surface area contributed by atoms with E-state index in [0.717, 1.165) is 5.69 Å². The van der Waals surface area contributed by atoms with E-state index in [-0.39, 0.29) is 41.8 Å².